The number of rotatable bonds is 3. The number of halogens is 3. The SMILES string of the molecule is CN1CCCN(C(=O)c2csc(NC(=O)c3ccccc3C(F)(F)F)n2)CC1. The molecule has 0 bridgehead atoms. The molecule has 0 aliphatic carbocycles. The van der Waals surface area contributed by atoms with E-state index in [1.807, 2.05) is 7.05 Å². The highest BCUT2D eigenvalue weighted by atomic mass is 32.1. The number of nitrogens with zero attached hydrogens (tertiary/aromatic N) is 3. The summed E-state index contributed by atoms with van der Waals surface area (Å²) in [5.74, 6) is -1.17. The van der Waals surface area contributed by atoms with Crippen LogP contribution in [0.25, 0.3) is 0 Å². The maximum atomic E-state index is 13.1. The zero-order chi connectivity index (χ0) is 20.3. The second-order valence-corrected chi connectivity index (χ2v) is 7.34. The Morgan fingerprint density at radius 2 is 1.89 bits per heavy atom. The van der Waals surface area contributed by atoms with E-state index in [4.69, 9.17) is 0 Å². The van der Waals surface area contributed by atoms with E-state index >= 15 is 0 Å². The average Bonchev–Trinajstić information content (AvgIpc) is 3.00. The fourth-order valence-corrected chi connectivity index (χ4v) is 3.61. The number of carbonyl (C=O) groups is 2. The Balaban J connectivity index is 1.71. The molecule has 1 aromatic heterocycles. The van der Waals surface area contributed by atoms with Crippen molar-refractivity contribution in [2.45, 2.75) is 12.6 Å². The minimum absolute atomic E-state index is 0.0808. The summed E-state index contributed by atoms with van der Waals surface area (Å²) in [4.78, 5) is 32.8. The molecule has 1 saturated heterocycles. The first-order chi connectivity index (χ1) is 13.3. The van der Waals surface area contributed by atoms with E-state index < -0.39 is 23.2 Å². The molecule has 2 aromatic rings. The minimum atomic E-state index is -4.64. The third-order valence-corrected chi connectivity index (χ3v) is 5.19. The van der Waals surface area contributed by atoms with Crippen LogP contribution in [0.2, 0.25) is 0 Å². The Bertz CT molecular complexity index is 869. The quantitative estimate of drug-likeness (QED) is 0.841. The first-order valence-corrected chi connectivity index (χ1v) is 9.54. The van der Waals surface area contributed by atoms with Crippen LogP contribution in [0.5, 0.6) is 0 Å². The van der Waals surface area contributed by atoms with Crippen molar-refractivity contribution >= 4 is 28.3 Å². The van der Waals surface area contributed by atoms with Crippen LogP contribution in [-0.4, -0.2) is 59.8 Å². The van der Waals surface area contributed by atoms with Crippen LogP contribution in [0.3, 0.4) is 0 Å². The number of thiazole rings is 1. The van der Waals surface area contributed by atoms with E-state index in [1.54, 1.807) is 4.90 Å². The largest absolute Gasteiger partial charge is 0.417 e. The molecule has 0 spiro atoms. The molecule has 1 aliphatic rings. The van der Waals surface area contributed by atoms with E-state index in [9.17, 15) is 22.8 Å². The number of benzene rings is 1. The third kappa shape index (κ3) is 4.68. The van der Waals surface area contributed by atoms with Crippen LogP contribution in [0.1, 0.15) is 32.8 Å². The number of likely N-dealkylation sites (N-methyl/N-ethyl adjacent to an activating group) is 1. The van der Waals surface area contributed by atoms with Gasteiger partial charge in [-0.25, -0.2) is 4.98 Å². The highest BCUT2D eigenvalue weighted by Gasteiger charge is 2.35. The standard InChI is InChI=1S/C18H19F3N4O2S/c1-24-7-4-8-25(10-9-24)16(27)14-11-28-17(22-14)23-15(26)12-5-2-3-6-13(12)18(19,20)21/h2-3,5-6,11H,4,7-10H2,1H3,(H,22,23,26). The topological polar surface area (TPSA) is 65.5 Å². The van der Waals surface area contributed by atoms with Gasteiger partial charge < -0.3 is 9.80 Å². The molecular formula is C18H19F3N4O2S. The van der Waals surface area contributed by atoms with Crippen LogP contribution < -0.4 is 5.32 Å². The number of hydrogen-bond acceptors (Lipinski definition) is 5. The molecule has 0 atom stereocenters. The molecule has 10 heteroatoms. The summed E-state index contributed by atoms with van der Waals surface area (Å²) in [5.41, 5.74) is -1.34. The fourth-order valence-electron chi connectivity index (χ4n) is 2.93. The molecule has 0 radical (unpaired) electrons. The molecule has 150 valence electrons. The van der Waals surface area contributed by atoms with Gasteiger partial charge in [0.2, 0.25) is 0 Å². The Morgan fingerprint density at radius 1 is 1.14 bits per heavy atom. The molecule has 28 heavy (non-hydrogen) atoms. The summed E-state index contributed by atoms with van der Waals surface area (Å²) in [6, 6.07) is 4.53. The van der Waals surface area contributed by atoms with Gasteiger partial charge in [-0.15, -0.1) is 11.3 Å². The summed E-state index contributed by atoms with van der Waals surface area (Å²) in [5, 5.41) is 3.94. The molecule has 0 saturated carbocycles. The molecular weight excluding hydrogens is 393 g/mol. The van der Waals surface area contributed by atoms with Gasteiger partial charge in [-0.3, -0.25) is 14.9 Å². The van der Waals surface area contributed by atoms with Gasteiger partial charge in [0, 0.05) is 25.0 Å². The summed E-state index contributed by atoms with van der Waals surface area (Å²) < 4.78 is 39.2. The predicted molar refractivity (Wildman–Crippen MR) is 99.5 cm³/mol. The van der Waals surface area contributed by atoms with Crippen molar-refractivity contribution in [2.75, 3.05) is 38.5 Å². The lowest BCUT2D eigenvalue weighted by atomic mass is 10.1. The summed E-state index contributed by atoms with van der Waals surface area (Å²) in [7, 11) is 1.99. The summed E-state index contributed by atoms with van der Waals surface area (Å²) in [6.45, 7) is 2.85. The Kier molecular flexibility index (Phi) is 5.99. The third-order valence-electron chi connectivity index (χ3n) is 4.43. The fraction of sp³-hybridized carbons (Fsp3) is 0.389. The average molecular weight is 412 g/mol. The van der Waals surface area contributed by atoms with Crippen molar-refractivity contribution in [3.8, 4) is 0 Å². The van der Waals surface area contributed by atoms with Crippen LogP contribution in [0, 0.1) is 0 Å². The summed E-state index contributed by atoms with van der Waals surface area (Å²) in [6.07, 6.45) is -3.79. The van der Waals surface area contributed by atoms with Gasteiger partial charge in [0.05, 0.1) is 11.1 Å². The van der Waals surface area contributed by atoms with Gasteiger partial charge in [-0.1, -0.05) is 12.1 Å². The molecule has 1 N–H and O–H groups in total. The highest BCUT2D eigenvalue weighted by molar-refractivity contribution is 7.14. The van der Waals surface area contributed by atoms with Crippen LogP contribution in [0.15, 0.2) is 29.6 Å². The molecule has 3 rings (SSSR count). The Morgan fingerprint density at radius 3 is 2.64 bits per heavy atom. The maximum absolute atomic E-state index is 13.1. The molecule has 6 nitrogen and oxygen atoms in total. The van der Waals surface area contributed by atoms with Gasteiger partial charge in [0.25, 0.3) is 11.8 Å². The number of anilines is 1. The van der Waals surface area contributed by atoms with E-state index in [0.29, 0.717) is 13.1 Å². The van der Waals surface area contributed by atoms with Gasteiger partial charge in [0.1, 0.15) is 5.69 Å². The lowest BCUT2D eigenvalue weighted by Gasteiger charge is -2.19. The minimum Gasteiger partial charge on any atom is -0.336 e. The van der Waals surface area contributed by atoms with Crippen LogP contribution in [-0.2, 0) is 6.18 Å². The lowest BCUT2D eigenvalue weighted by molar-refractivity contribution is -0.137. The van der Waals surface area contributed by atoms with Gasteiger partial charge in [-0.2, -0.15) is 13.2 Å². The molecule has 1 aliphatic heterocycles. The van der Waals surface area contributed by atoms with E-state index in [0.717, 1.165) is 43.0 Å². The normalized spacial score (nSPS) is 15.9. The van der Waals surface area contributed by atoms with E-state index in [2.05, 4.69) is 15.2 Å². The number of carbonyl (C=O) groups excluding carboxylic acids is 2. The van der Waals surface area contributed by atoms with Crippen molar-refractivity contribution < 1.29 is 22.8 Å². The van der Waals surface area contributed by atoms with Crippen LogP contribution >= 0.6 is 11.3 Å². The maximum Gasteiger partial charge on any atom is 0.417 e. The molecule has 2 heterocycles. The highest BCUT2D eigenvalue weighted by Crippen LogP contribution is 2.32. The number of alkyl halides is 3. The number of aromatic nitrogens is 1. The molecule has 2 amide bonds. The van der Waals surface area contributed by atoms with Gasteiger partial charge in [0.15, 0.2) is 5.13 Å². The first-order valence-electron chi connectivity index (χ1n) is 8.66. The Labute approximate surface area is 164 Å². The lowest BCUT2D eigenvalue weighted by Crippen LogP contribution is -2.34. The monoisotopic (exact) mass is 412 g/mol. The number of amides is 2. The smallest absolute Gasteiger partial charge is 0.336 e. The predicted octanol–water partition coefficient (Wildman–Crippen LogP) is 3.19. The van der Waals surface area contributed by atoms with Crippen LogP contribution in [0.4, 0.5) is 18.3 Å². The molecule has 1 aromatic carbocycles. The van der Waals surface area contributed by atoms with E-state index in [-0.39, 0.29) is 16.7 Å². The number of hydrogen-bond donors (Lipinski definition) is 1. The van der Waals surface area contributed by atoms with Gasteiger partial charge in [-0.05, 0) is 32.1 Å². The Hall–Kier alpha value is -2.46. The molecule has 1 fully saturated rings. The first kappa shape index (κ1) is 20.3. The van der Waals surface area contributed by atoms with E-state index in [1.165, 1.54) is 17.5 Å². The zero-order valence-corrected chi connectivity index (χ0v) is 15.9. The second kappa shape index (κ2) is 8.27. The van der Waals surface area contributed by atoms with Gasteiger partial charge >= 0.3 is 6.18 Å². The number of nitrogens with one attached hydrogen (secondary N) is 1. The zero-order valence-electron chi connectivity index (χ0n) is 15.1. The van der Waals surface area contributed by atoms with Crippen molar-refractivity contribution in [3.05, 3.63) is 46.5 Å². The van der Waals surface area contributed by atoms with Crippen molar-refractivity contribution in [1.29, 1.82) is 0 Å². The van der Waals surface area contributed by atoms with Crippen molar-refractivity contribution in [1.82, 2.24) is 14.8 Å². The van der Waals surface area contributed by atoms with Crippen molar-refractivity contribution in [2.24, 2.45) is 0 Å². The van der Waals surface area contributed by atoms with Crippen molar-refractivity contribution in [3.63, 3.8) is 0 Å². The molecule has 0 unspecified atom stereocenters. The summed E-state index contributed by atoms with van der Waals surface area (Å²) >= 11 is 1.00. The second-order valence-electron chi connectivity index (χ2n) is 6.48.